The van der Waals surface area contributed by atoms with Gasteiger partial charge in [-0.25, -0.2) is 0 Å². The molecule has 0 bridgehead atoms. The minimum absolute atomic E-state index is 0.0588. The number of amides is 2. The third kappa shape index (κ3) is 5.04. The summed E-state index contributed by atoms with van der Waals surface area (Å²) in [6, 6.07) is 4.74. The predicted molar refractivity (Wildman–Crippen MR) is 104 cm³/mol. The van der Waals surface area contributed by atoms with Gasteiger partial charge in [-0.2, -0.15) is 26.3 Å². The number of fused-ring (bicyclic) bond motifs is 1. The molecule has 2 aromatic rings. The second-order valence-electron chi connectivity index (χ2n) is 7.16. The first-order chi connectivity index (χ1) is 14.8. The number of carbonyl (C=O) groups excluding carboxylic acids is 2. The molecule has 3 rings (SSSR count). The zero-order chi connectivity index (χ0) is 23.8. The largest absolute Gasteiger partial charge is 0.481 e. The summed E-state index contributed by atoms with van der Waals surface area (Å²) >= 11 is 0. The number of ether oxygens (including phenoxy) is 1. The van der Waals surface area contributed by atoms with Crippen molar-refractivity contribution in [2.75, 3.05) is 23.4 Å². The van der Waals surface area contributed by atoms with Gasteiger partial charge in [0.25, 0.3) is 11.8 Å². The molecule has 1 N–H and O–H groups in total. The van der Waals surface area contributed by atoms with E-state index >= 15 is 0 Å². The number of hydrogen-bond donors (Lipinski definition) is 1. The van der Waals surface area contributed by atoms with Crippen LogP contribution in [0.25, 0.3) is 0 Å². The average molecular weight is 458 g/mol. The molecule has 0 unspecified atom stereocenters. The molecule has 0 radical (unpaired) electrons. The molecule has 0 aromatic heterocycles. The van der Waals surface area contributed by atoms with Gasteiger partial charge >= 0.3 is 12.4 Å². The topological polar surface area (TPSA) is 58.6 Å². The summed E-state index contributed by atoms with van der Waals surface area (Å²) < 4.78 is 83.5. The molecular formula is C21H16F6N2O3. The maximum Gasteiger partial charge on any atom is 0.416 e. The normalized spacial score (nSPS) is 14.0. The zero-order valence-electron chi connectivity index (χ0n) is 16.5. The first-order valence-electron chi connectivity index (χ1n) is 9.08. The molecule has 2 aromatic carbocycles. The van der Waals surface area contributed by atoms with Gasteiger partial charge in [0.1, 0.15) is 5.75 Å². The van der Waals surface area contributed by atoms with Crippen LogP contribution in [0.1, 0.15) is 28.4 Å². The van der Waals surface area contributed by atoms with Gasteiger partial charge in [-0.1, -0.05) is 12.2 Å². The minimum atomic E-state index is -5.07. The van der Waals surface area contributed by atoms with Crippen LogP contribution in [0.4, 0.5) is 37.7 Å². The number of hydrogen-bond acceptors (Lipinski definition) is 3. The highest BCUT2D eigenvalue weighted by Crippen LogP contribution is 2.37. The fourth-order valence-corrected chi connectivity index (χ4v) is 3.01. The fourth-order valence-electron chi connectivity index (χ4n) is 3.01. The van der Waals surface area contributed by atoms with Crippen LogP contribution in [0.15, 0.2) is 48.6 Å². The summed E-state index contributed by atoms with van der Waals surface area (Å²) in [6.45, 7) is 5.42. The number of rotatable bonds is 4. The molecule has 11 heteroatoms. The molecule has 1 aliphatic heterocycles. The first-order valence-corrected chi connectivity index (χ1v) is 9.08. The second-order valence-corrected chi connectivity index (χ2v) is 7.16. The SMILES string of the molecule is C=C(C)CN1C(=O)COc2cc(NC(=O)c3cc(C(F)(F)F)cc(C(F)(F)F)c3)ccc21. The van der Waals surface area contributed by atoms with Crippen LogP contribution in [-0.4, -0.2) is 25.0 Å². The predicted octanol–water partition coefficient (Wildman–Crippen LogP) is 5.28. The third-order valence-electron chi connectivity index (χ3n) is 4.44. The van der Waals surface area contributed by atoms with Crippen molar-refractivity contribution in [2.45, 2.75) is 19.3 Å². The van der Waals surface area contributed by atoms with Gasteiger partial charge in [0, 0.05) is 23.9 Å². The van der Waals surface area contributed by atoms with E-state index in [9.17, 15) is 35.9 Å². The van der Waals surface area contributed by atoms with Gasteiger partial charge in [-0.15, -0.1) is 0 Å². The average Bonchev–Trinajstić information content (AvgIpc) is 2.68. The summed E-state index contributed by atoms with van der Waals surface area (Å²) in [5.74, 6) is -1.28. The van der Waals surface area contributed by atoms with Crippen LogP contribution >= 0.6 is 0 Å². The molecule has 0 spiro atoms. The lowest BCUT2D eigenvalue weighted by atomic mass is 10.0. The van der Waals surface area contributed by atoms with E-state index in [-0.39, 0.29) is 36.6 Å². The third-order valence-corrected chi connectivity index (χ3v) is 4.44. The van der Waals surface area contributed by atoms with Crippen molar-refractivity contribution in [2.24, 2.45) is 0 Å². The van der Waals surface area contributed by atoms with Crippen molar-refractivity contribution in [1.29, 1.82) is 0 Å². The number of alkyl halides is 6. The van der Waals surface area contributed by atoms with E-state index in [0.717, 1.165) is 0 Å². The Morgan fingerprint density at radius 1 is 1.06 bits per heavy atom. The summed E-state index contributed by atoms with van der Waals surface area (Å²) in [7, 11) is 0. The van der Waals surface area contributed by atoms with E-state index in [1.807, 2.05) is 0 Å². The summed E-state index contributed by atoms with van der Waals surface area (Å²) in [4.78, 5) is 25.9. The summed E-state index contributed by atoms with van der Waals surface area (Å²) in [5, 5.41) is 2.26. The molecule has 170 valence electrons. The van der Waals surface area contributed by atoms with Crippen molar-refractivity contribution in [3.8, 4) is 5.75 Å². The van der Waals surface area contributed by atoms with E-state index in [2.05, 4.69) is 11.9 Å². The number of halogens is 6. The summed E-state index contributed by atoms with van der Waals surface area (Å²) in [5.41, 5.74) is -2.86. The van der Waals surface area contributed by atoms with Crippen molar-refractivity contribution < 1.29 is 40.7 Å². The first kappa shape index (κ1) is 23.2. The Kier molecular flexibility index (Phi) is 5.94. The van der Waals surface area contributed by atoms with Gasteiger partial charge in [0.2, 0.25) is 0 Å². The quantitative estimate of drug-likeness (QED) is 0.501. The lowest BCUT2D eigenvalue weighted by Gasteiger charge is -2.29. The molecule has 5 nitrogen and oxygen atoms in total. The van der Waals surface area contributed by atoms with E-state index < -0.39 is 35.0 Å². The van der Waals surface area contributed by atoms with E-state index in [1.165, 1.54) is 23.1 Å². The smallest absolute Gasteiger partial charge is 0.416 e. The van der Waals surface area contributed by atoms with Crippen LogP contribution in [0, 0.1) is 0 Å². The van der Waals surface area contributed by atoms with Crippen molar-refractivity contribution in [1.82, 2.24) is 0 Å². The van der Waals surface area contributed by atoms with Crippen molar-refractivity contribution >= 4 is 23.2 Å². The molecule has 0 aliphatic carbocycles. The molecule has 1 aliphatic rings. The molecule has 1 heterocycles. The van der Waals surface area contributed by atoms with E-state index in [1.54, 1.807) is 6.92 Å². The van der Waals surface area contributed by atoms with Crippen LogP contribution in [0.2, 0.25) is 0 Å². The highest BCUT2D eigenvalue weighted by molar-refractivity contribution is 6.05. The Morgan fingerprint density at radius 2 is 1.66 bits per heavy atom. The van der Waals surface area contributed by atoms with Crippen molar-refractivity contribution in [3.63, 3.8) is 0 Å². The molecule has 0 saturated carbocycles. The van der Waals surface area contributed by atoms with E-state index in [4.69, 9.17) is 4.74 Å². The maximum atomic E-state index is 13.0. The fraction of sp³-hybridized carbons (Fsp3) is 0.238. The number of carbonyl (C=O) groups is 2. The number of nitrogens with one attached hydrogen (secondary N) is 1. The van der Waals surface area contributed by atoms with Gasteiger partial charge in [-0.3, -0.25) is 9.59 Å². The van der Waals surface area contributed by atoms with Crippen LogP contribution in [0.5, 0.6) is 5.75 Å². The Balaban J connectivity index is 1.91. The summed E-state index contributed by atoms with van der Waals surface area (Å²) in [6.07, 6.45) is -10.1. The number of benzene rings is 2. The number of nitrogens with zero attached hydrogens (tertiary/aromatic N) is 1. The number of anilines is 2. The highest BCUT2D eigenvalue weighted by atomic mass is 19.4. The molecule has 0 atom stereocenters. The van der Waals surface area contributed by atoms with Crippen LogP contribution in [-0.2, 0) is 17.1 Å². The van der Waals surface area contributed by atoms with Crippen LogP contribution in [0.3, 0.4) is 0 Å². The lowest BCUT2D eigenvalue weighted by Crippen LogP contribution is -2.39. The minimum Gasteiger partial charge on any atom is -0.481 e. The van der Waals surface area contributed by atoms with Gasteiger partial charge < -0.3 is 15.0 Å². The maximum absolute atomic E-state index is 13.0. The van der Waals surface area contributed by atoms with E-state index in [0.29, 0.717) is 23.4 Å². The second kappa shape index (κ2) is 8.21. The molecular weight excluding hydrogens is 442 g/mol. The highest BCUT2D eigenvalue weighted by Gasteiger charge is 2.37. The zero-order valence-corrected chi connectivity index (χ0v) is 16.5. The Labute approximate surface area is 178 Å². The monoisotopic (exact) mass is 458 g/mol. The Bertz CT molecular complexity index is 1060. The standard InChI is InChI=1S/C21H16F6N2O3/c1-11(2)9-29-16-4-3-15(8-17(16)32-10-18(29)30)28-19(31)12-5-13(20(22,23)24)7-14(6-12)21(25,26)27/h3-8H,1,9-10H2,2H3,(H,28,31). The van der Waals surface area contributed by atoms with Gasteiger partial charge in [-0.05, 0) is 37.3 Å². The lowest BCUT2D eigenvalue weighted by molar-refractivity contribution is -0.143. The molecule has 2 amide bonds. The Morgan fingerprint density at radius 3 is 2.19 bits per heavy atom. The van der Waals surface area contributed by atoms with Crippen LogP contribution < -0.4 is 15.0 Å². The van der Waals surface area contributed by atoms with Gasteiger partial charge in [0.15, 0.2) is 6.61 Å². The molecule has 32 heavy (non-hydrogen) atoms. The van der Waals surface area contributed by atoms with Crippen molar-refractivity contribution in [3.05, 3.63) is 65.2 Å². The molecule has 0 saturated heterocycles. The Hall–Kier alpha value is -3.50. The molecule has 0 fully saturated rings. The van der Waals surface area contributed by atoms with Gasteiger partial charge in [0.05, 0.1) is 16.8 Å².